The lowest BCUT2D eigenvalue weighted by Gasteiger charge is -2.11. The molecule has 0 aliphatic rings. The molecule has 0 bridgehead atoms. The van der Waals surface area contributed by atoms with Gasteiger partial charge < -0.3 is 14.6 Å². The third kappa shape index (κ3) is 4.73. The van der Waals surface area contributed by atoms with E-state index >= 15 is 0 Å². The van der Waals surface area contributed by atoms with Crippen molar-refractivity contribution in [3.8, 4) is 11.5 Å². The molecule has 0 saturated carbocycles. The number of carboxylic acid groups (broad SMARTS) is 1. The van der Waals surface area contributed by atoms with Crippen molar-refractivity contribution in [3.63, 3.8) is 0 Å². The van der Waals surface area contributed by atoms with Crippen LogP contribution in [0.25, 0.3) is 23.1 Å². The second-order valence-corrected chi connectivity index (χ2v) is 6.93. The topological polar surface area (TPSA) is 68.7 Å². The first-order valence-corrected chi connectivity index (χ1v) is 9.80. The second-order valence-electron chi connectivity index (χ2n) is 6.93. The van der Waals surface area contributed by atoms with Gasteiger partial charge in [0.25, 0.3) is 0 Å². The zero-order valence-corrected chi connectivity index (χ0v) is 17.0. The number of aromatic nitrogens is 1. The van der Waals surface area contributed by atoms with Crippen molar-refractivity contribution >= 4 is 29.0 Å². The minimum atomic E-state index is -0.977. The standard InChI is InChI=1S/C26H21NO4/c1-30-25-15-18(12-14-24(25)31-17-19-7-3-2-4-8-19)11-13-20-16-22(26(28)29)21-9-5-6-10-23(21)27-20/h2-16H,17H2,1H3,(H,28,29)/b13-11+. The highest BCUT2D eigenvalue weighted by molar-refractivity contribution is 6.03. The number of aromatic carboxylic acids is 1. The maximum Gasteiger partial charge on any atom is 0.336 e. The van der Waals surface area contributed by atoms with E-state index < -0.39 is 5.97 Å². The van der Waals surface area contributed by atoms with Crippen LogP contribution in [0, 0.1) is 0 Å². The van der Waals surface area contributed by atoms with Gasteiger partial charge in [-0.1, -0.05) is 60.7 Å². The van der Waals surface area contributed by atoms with Gasteiger partial charge in [0.05, 0.1) is 23.9 Å². The summed E-state index contributed by atoms with van der Waals surface area (Å²) in [5.41, 5.74) is 3.40. The lowest BCUT2D eigenvalue weighted by molar-refractivity contribution is 0.0699. The molecule has 1 N–H and O–H groups in total. The van der Waals surface area contributed by atoms with Crippen molar-refractivity contribution in [2.45, 2.75) is 6.61 Å². The fraction of sp³-hybridized carbons (Fsp3) is 0.0769. The third-order valence-corrected chi connectivity index (χ3v) is 4.84. The molecule has 154 valence electrons. The molecule has 1 heterocycles. The summed E-state index contributed by atoms with van der Waals surface area (Å²) in [4.78, 5) is 16.2. The average Bonchev–Trinajstić information content (AvgIpc) is 2.81. The van der Waals surface area contributed by atoms with Crippen LogP contribution in [0.1, 0.15) is 27.2 Å². The molecule has 0 radical (unpaired) electrons. The molecular formula is C26H21NO4. The summed E-state index contributed by atoms with van der Waals surface area (Å²) in [5, 5.41) is 10.2. The molecule has 0 saturated heterocycles. The molecule has 4 rings (SSSR count). The fourth-order valence-corrected chi connectivity index (χ4v) is 3.28. The van der Waals surface area contributed by atoms with Gasteiger partial charge in [0, 0.05) is 5.39 Å². The summed E-state index contributed by atoms with van der Waals surface area (Å²) in [7, 11) is 1.60. The van der Waals surface area contributed by atoms with Crippen LogP contribution in [0.3, 0.4) is 0 Å². The van der Waals surface area contributed by atoms with Gasteiger partial charge in [-0.2, -0.15) is 0 Å². The Hall–Kier alpha value is -4.12. The smallest absolute Gasteiger partial charge is 0.336 e. The number of pyridine rings is 1. The number of hydrogen-bond donors (Lipinski definition) is 1. The Labute approximate surface area is 180 Å². The molecule has 4 aromatic rings. The average molecular weight is 411 g/mol. The van der Waals surface area contributed by atoms with Gasteiger partial charge >= 0.3 is 5.97 Å². The molecule has 1 aromatic heterocycles. The molecule has 5 heteroatoms. The Bertz CT molecular complexity index is 1250. The van der Waals surface area contributed by atoms with E-state index in [0.717, 1.165) is 11.1 Å². The number of methoxy groups -OCH3 is 1. The molecule has 31 heavy (non-hydrogen) atoms. The minimum absolute atomic E-state index is 0.229. The van der Waals surface area contributed by atoms with Crippen LogP contribution < -0.4 is 9.47 Å². The van der Waals surface area contributed by atoms with Crippen LogP contribution in [-0.2, 0) is 6.61 Å². The summed E-state index contributed by atoms with van der Waals surface area (Å²) < 4.78 is 11.4. The van der Waals surface area contributed by atoms with Crippen LogP contribution in [-0.4, -0.2) is 23.2 Å². The molecule has 0 spiro atoms. The number of ether oxygens (including phenoxy) is 2. The van der Waals surface area contributed by atoms with Crippen LogP contribution in [0.15, 0.2) is 78.9 Å². The quantitative estimate of drug-likeness (QED) is 0.423. The first-order chi connectivity index (χ1) is 15.1. The van der Waals surface area contributed by atoms with Crippen molar-refractivity contribution in [1.29, 1.82) is 0 Å². The van der Waals surface area contributed by atoms with E-state index in [1.807, 2.05) is 60.7 Å². The van der Waals surface area contributed by atoms with Gasteiger partial charge in [-0.25, -0.2) is 9.78 Å². The number of para-hydroxylation sites is 1. The molecule has 5 nitrogen and oxygen atoms in total. The molecular weight excluding hydrogens is 390 g/mol. The normalized spacial score (nSPS) is 11.0. The van der Waals surface area contributed by atoms with Crippen molar-refractivity contribution in [1.82, 2.24) is 4.98 Å². The van der Waals surface area contributed by atoms with Gasteiger partial charge in [-0.3, -0.25) is 0 Å². The number of carbonyl (C=O) groups is 1. The van der Waals surface area contributed by atoms with Crippen LogP contribution in [0.2, 0.25) is 0 Å². The van der Waals surface area contributed by atoms with Gasteiger partial charge in [-0.05, 0) is 41.5 Å². The van der Waals surface area contributed by atoms with E-state index in [1.165, 1.54) is 0 Å². The summed E-state index contributed by atoms with van der Waals surface area (Å²) in [6, 6.07) is 24.4. The van der Waals surface area contributed by atoms with Crippen molar-refractivity contribution in [3.05, 3.63) is 101 Å². The lowest BCUT2D eigenvalue weighted by atomic mass is 10.1. The van der Waals surface area contributed by atoms with E-state index in [0.29, 0.717) is 34.7 Å². The Balaban J connectivity index is 1.57. The monoisotopic (exact) mass is 411 g/mol. The highest BCUT2D eigenvalue weighted by Gasteiger charge is 2.10. The van der Waals surface area contributed by atoms with Gasteiger partial charge in [0.15, 0.2) is 11.5 Å². The number of benzene rings is 3. The predicted octanol–water partition coefficient (Wildman–Crippen LogP) is 5.69. The minimum Gasteiger partial charge on any atom is -0.493 e. The summed E-state index contributed by atoms with van der Waals surface area (Å²) in [6.07, 6.45) is 3.66. The van der Waals surface area contributed by atoms with E-state index in [2.05, 4.69) is 4.98 Å². The van der Waals surface area contributed by atoms with Crippen molar-refractivity contribution < 1.29 is 19.4 Å². The van der Waals surface area contributed by atoms with E-state index in [4.69, 9.17) is 9.47 Å². The Morgan fingerprint density at radius 1 is 0.935 bits per heavy atom. The molecule has 0 unspecified atom stereocenters. The summed E-state index contributed by atoms with van der Waals surface area (Å²) >= 11 is 0. The number of rotatable bonds is 7. The Kier molecular flexibility index (Phi) is 5.94. The van der Waals surface area contributed by atoms with Crippen LogP contribution >= 0.6 is 0 Å². The van der Waals surface area contributed by atoms with Gasteiger partial charge in [-0.15, -0.1) is 0 Å². The van der Waals surface area contributed by atoms with Crippen molar-refractivity contribution in [2.75, 3.05) is 7.11 Å². The fourth-order valence-electron chi connectivity index (χ4n) is 3.28. The lowest BCUT2D eigenvalue weighted by Crippen LogP contribution is -2.00. The highest BCUT2D eigenvalue weighted by atomic mass is 16.5. The summed E-state index contributed by atoms with van der Waals surface area (Å²) in [5.74, 6) is 0.297. The van der Waals surface area contributed by atoms with Crippen molar-refractivity contribution in [2.24, 2.45) is 0 Å². The molecule has 0 aliphatic heterocycles. The number of hydrogen-bond acceptors (Lipinski definition) is 4. The highest BCUT2D eigenvalue weighted by Crippen LogP contribution is 2.29. The number of carboxylic acids is 1. The van der Waals surface area contributed by atoms with Gasteiger partial charge in [0.2, 0.25) is 0 Å². The maximum absolute atomic E-state index is 11.6. The van der Waals surface area contributed by atoms with E-state index in [-0.39, 0.29) is 5.56 Å². The van der Waals surface area contributed by atoms with Gasteiger partial charge in [0.1, 0.15) is 6.61 Å². The number of nitrogens with zero attached hydrogens (tertiary/aromatic N) is 1. The Morgan fingerprint density at radius 2 is 1.71 bits per heavy atom. The van der Waals surface area contributed by atoms with E-state index in [1.54, 1.807) is 37.5 Å². The molecule has 0 fully saturated rings. The first-order valence-electron chi connectivity index (χ1n) is 9.80. The summed E-state index contributed by atoms with van der Waals surface area (Å²) in [6.45, 7) is 0.450. The SMILES string of the molecule is COc1cc(/C=C/c2cc(C(=O)O)c3ccccc3n2)ccc1OCc1ccccc1. The molecule has 0 aliphatic carbocycles. The largest absolute Gasteiger partial charge is 0.493 e. The molecule has 0 atom stereocenters. The Morgan fingerprint density at radius 3 is 2.48 bits per heavy atom. The predicted molar refractivity (Wildman–Crippen MR) is 121 cm³/mol. The second kappa shape index (κ2) is 9.13. The molecule has 0 amide bonds. The zero-order chi connectivity index (χ0) is 21.6. The molecule has 3 aromatic carbocycles. The van der Waals surface area contributed by atoms with E-state index in [9.17, 15) is 9.90 Å². The van der Waals surface area contributed by atoms with Crippen LogP contribution in [0.5, 0.6) is 11.5 Å². The maximum atomic E-state index is 11.6. The zero-order valence-electron chi connectivity index (χ0n) is 17.0. The van der Waals surface area contributed by atoms with Crippen LogP contribution in [0.4, 0.5) is 0 Å². The first kappa shape index (κ1) is 20.2. The third-order valence-electron chi connectivity index (χ3n) is 4.84. The number of fused-ring (bicyclic) bond motifs is 1.